The number of methoxy groups -OCH3 is 1. The summed E-state index contributed by atoms with van der Waals surface area (Å²) in [5.74, 6) is -0.825. The van der Waals surface area contributed by atoms with E-state index in [2.05, 4.69) is 15.0 Å². The standard InChI is InChI=1S/C25H35N5O7/c1-23(2,3)36-21(31)30(22(32)37-24(4,5)6)20-16-19(26-12-27-20)29(13-28-16)15-10-14(11-33-9)17-18(15)35-25(7,8)34-17/h10,12-13,15,17-18H,11H2,1-9H3/t15-,17-,18+/m1/s1. The molecule has 202 valence electrons. The van der Waals surface area contributed by atoms with E-state index in [1.165, 1.54) is 6.33 Å². The van der Waals surface area contributed by atoms with Crippen LogP contribution in [0.4, 0.5) is 15.4 Å². The van der Waals surface area contributed by atoms with Crippen LogP contribution in [0.25, 0.3) is 11.2 Å². The maximum atomic E-state index is 13.2. The van der Waals surface area contributed by atoms with Gasteiger partial charge in [-0.1, -0.05) is 6.08 Å². The fraction of sp³-hybridized carbons (Fsp3) is 0.640. The molecule has 0 unspecified atom stereocenters. The van der Waals surface area contributed by atoms with E-state index in [4.69, 9.17) is 23.7 Å². The molecule has 37 heavy (non-hydrogen) atoms. The lowest BCUT2D eigenvalue weighted by Gasteiger charge is -2.28. The third-order valence-corrected chi connectivity index (χ3v) is 5.55. The van der Waals surface area contributed by atoms with Crippen molar-refractivity contribution in [1.82, 2.24) is 19.5 Å². The van der Waals surface area contributed by atoms with Crippen molar-refractivity contribution in [3.8, 4) is 0 Å². The Labute approximate surface area is 215 Å². The quantitative estimate of drug-likeness (QED) is 0.546. The van der Waals surface area contributed by atoms with Crippen molar-refractivity contribution >= 4 is 29.2 Å². The molecular formula is C25H35N5O7. The van der Waals surface area contributed by atoms with Crippen molar-refractivity contribution < 1.29 is 33.3 Å². The third kappa shape index (κ3) is 5.60. The molecule has 1 aliphatic heterocycles. The number of amides is 2. The summed E-state index contributed by atoms with van der Waals surface area (Å²) in [6, 6.07) is -0.318. The first-order valence-corrected chi connectivity index (χ1v) is 12.1. The normalized spacial score (nSPS) is 23.1. The number of aromatic nitrogens is 4. The monoisotopic (exact) mass is 517 g/mol. The maximum Gasteiger partial charge on any atom is 0.425 e. The van der Waals surface area contributed by atoms with Crippen LogP contribution in [0.2, 0.25) is 0 Å². The molecule has 2 amide bonds. The van der Waals surface area contributed by atoms with Gasteiger partial charge in [0.1, 0.15) is 29.7 Å². The number of nitrogens with zero attached hydrogens (tertiary/aromatic N) is 5. The molecule has 0 spiro atoms. The molecule has 1 fully saturated rings. The van der Waals surface area contributed by atoms with E-state index in [0.29, 0.717) is 12.3 Å². The molecule has 4 rings (SSSR count). The molecule has 2 aliphatic rings. The molecule has 0 saturated carbocycles. The predicted molar refractivity (Wildman–Crippen MR) is 133 cm³/mol. The van der Waals surface area contributed by atoms with Crippen LogP contribution < -0.4 is 4.90 Å². The highest BCUT2D eigenvalue weighted by molar-refractivity contribution is 6.12. The van der Waals surface area contributed by atoms with E-state index in [0.717, 1.165) is 10.5 Å². The summed E-state index contributed by atoms with van der Waals surface area (Å²) >= 11 is 0. The smallest absolute Gasteiger partial charge is 0.425 e. The Morgan fingerprint density at radius 2 is 1.65 bits per heavy atom. The first-order valence-electron chi connectivity index (χ1n) is 12.1. The van der Waals surface area contributed by atoms with Gasteiger partial charge in [0.05, 0.1) is 19.0 Å². The van der Waals surface area contributed by atoms with Gasteiger partial charge in [-0.15, -0.1) is 0 Å². The van der Waals surface area contributed by atoms with E-state index < -0.39 is 29.2 Å². The molecule has 1 aliphatic carbocycles. The lowest BCUT2D eigenvalue weighted by Crippen LogP contribution is -2.44. The summed E-state index contributed by atoms with van der Waals surface area (Å²) in [6.07, 6.45) is 2.34. The molecular weight excluding hydrogens is 482 g/mol. The van der Waals surface area contributed by atoms with Crippen molar-refractivity contribution in [2.45, 2.75) is 90.6 Å². The molecule has 0 N–H and O–H groups in total. The largest absolute Gasteiger partial charge is 0.443 e. The Balaban J connectivity index is 1.78. The second kappa shape index (κ2) is 9.34. The molecule has 0 radical (unpaired) electrons. The van der Waals surface area contributed by atoms with E-state index >= 15 is 0 Å². The van der Waals surface area contributed by atoms with Gasteiger partial charge in [0, 0.05) is 7.11 Å². The van der Waals surface area contributed by atoms with Crippen LogP contribution in [0.1, 0.15) is 61.4 Å². The summed E-state index contributed by atoms with van der Waals surface area (Å²) in [6.45, 7) is 14.3. The molecule has 12 nitrogen and oxygen atoms in total. The van der Waals surface area contributed by atoms with Gasteiger partial charge >= 0.3 is 12.2 Å². The molecule has 3 atom stereocenters. The molecule has 2 aromatic heterocycles. The highest BCUT2D eigenvalue weighted by atomic mass is 16.8. The fourth-order valence-electron chi connectivity index (χ4n) is 4.35. The van der Waals surface area contributed by atoms with Crippen molar-refractivity contribution in [2.75, 3.05) is 18.6 Å². The van der Waals surface area contributed by atoms with Crippen LogP contribution in [0.15, 0.2) is 24.3 Å². The number of hydrogen-bond donors (Lipinski definition) is 0. The van der Waals surface area contributed by atoms with Crippen LogP contribution in [0, 0.1) is 0 Å². The fourth-order valence-corrected chi connectivity index (χ4v) is 4.35. The van der Waals surface area contributed by atoms with E-state index in [1.54, 1.807) is 55.0 Å². The Morgan fingerprint density at radius 1 is 1.03 bits per heavy atom. The van der Waals surface area contributed by atoms with Crippen molar-refractivity contribution in [1.29, 1.82) is 0 Å². The first kappa shape index (κ1) is 27.0. The molecule has 2 aromatic rings. The van der Waals surface area contributed by atoms with Crippen LogP contribution in [0.5, 0.6) is 0 Å². The third-order valence-electron chi connectivity index (χ3n) is 5.55. The Morgan fingerprint density at radius 3 is 2.22 bits per heavy atom. The lowest BCUT2D eigenvalue weighted by atomic mass is 10.1. The number of anilines is 1. The number of ether oxygens (including phenoxy) is 5. The van der Waals surface area contributed by atoms with Gasteiger partial charge < -0.3 is 28.3 Å². The second-order valence-electron chi connectivity index (χ2n) is 11.5. The van der Waals surface area contributed by atoms with Crippen molar-refractivity contribution in [3.05, 3.63) is 24.3 Å². The topological polar surface area (TPSA) is 127 Å². The zero-order chi connectivity index (χ0) is 27.3. The van der Waals surface area contributed by atoms with Crippen molar-refractivity contribution in [2.24, 2.45) is 0 Å². The van der Waals surface area contributed by atoms with E-state index in [-0.39, 0.29) is 29.6 Å². The molecule has 12 heteroatoms. The summed E-state index contributed by atoms with van der Waals surface area (Å²) < 4.78 is 30.5. The zero-order valence-electron chi connectivity index (χ0n) is 22.8. The first-order chi connectivity index (χ1) is 17.1. The average molecular weight is 518 g/mol. The maximum absolute atomic E-state index is 13.2. The van der Waals surface area contributed by atoms with Crippen LogP contribution >= 0.6 is 0 Å². The number of rotatable bonds is 4. The van der Waals surface area contributed by atoms with Gasteiger partial charge in [-0.25, -0.2) is 24.5 Å². The Hall–Kier alpha value is -3.09. The summed E-state index contributed by atoms with van der Waals surface area (Å²) in [5, 5.41) is 0. The highest BCUT2D eigenvalue weighted by Crippen LogP contribution is 2.44. The van der Waals surface area contributed by atoms with Crippen LogP contribution in [-0.4, -0.2) is 74.6 Å². The average Bonchev–Trinajstić information content (AvgIpc) is 3.37. The van der Waals surface area contributed by atoms with Gasteiger partial charge in [-0.2, -0.15) is 4.90 Å². The second-order valence-corrected chi connectivity index (χ2v) is 11.5. The number of hydrogen-bond acceptors (Lipinski definition) is 10. The summed E-state index contributed by atoms with van der Waals surface area (Å²) in [7, 11) is 1.62. The van der Waals surface area contributed by atoms with Gasteiger partial charge in [0.2, 0.25) is 0 Å². The predicted octanol–water partition coefficient (Wildman–Crippen LogP) is 4.15. The zero-order valence-corrected chi connectivity index (χ0v) is 22.8. The van der Waals surface area contributed by atoms with Gasteiger partial charge in [0.15, 0.2) is 22.8 Å². The molecule has 0 aromatic carbocycles. The summed E-state index contributed by atoms with van der Waals surface area (Å²) in [4.78, 5) is 40.2. The minimum atomic E-state index is -0.936. The van der Waals surface area contributed by atoms with E-state index in [1.807, 2.05) is 24.5 Å². The van der Waals surface area contributed by atoms with Gasteiger partial charge in [-0.3, -0.25) is 0 Å². The minimum Gasteiger partial charge on any atom is -0.443 e. The van der Waals surface area contributed by atoms with E-state index in [9.17, 15) is 9.59 Å². The summed E-state index contributed by atoms with van der Waals surface area (Å²) in [5.41, 5.74) is -0.159. The number of imidazole rings is 1. The van der Waals surface area contributed by atoms with Crippen molar-refractivity contribution in [3.63, 3.8) is 0 Å². The Kier molecular flexibility index (Phi) is 6.80. The number of carbonyl (C=O) groups excluding carboxylic acids is 2. The SMILES string of the molecule is COCC1=C[C@@H](n2cnc3c(N(C(=O)OC(C)(C)C)C(=O)OC(C)(C)C)ncnc32)[C@@H]2OC(C)(C)O[C@H]12. The molecule has 3 heterocycles. The highest BCUT2D eigenvalue weighted by Gasteiger charge is 2.51. The molecule has 0 bridgehead atoms. The van der Waals surface area contributed by atoms with Crippen LogP contribution in [0.3, 0.4) is 0 Å². The van der Waals surface area contributed by atoms with Gasteiger partial charge in [-0.05, 0) is 61.0 Å². The lowest BCUT2D eigenvalue weighted by molar-refractivity contribution is -0.148. The Bertz CT molecular complexity index is 1200. The molecule has 1 saturated heterocycles. The van der Waals surface area contributed by atoms with Crippen LogP contribution in [-0.2, 0) is 23.7 Å². The number of fused-ring (bicyclic) bond motifs is 2. The number of imide groups is 1. The van der Waals surface area contributed by atoms with Gasteiger partial charge in [0.25, 0.3) is 0 Å². The number of carbonyl (C=O) groups is 2. The minimum absolute atomic E-state index is 0.0492.